The maximum Gasteiger partial charge on any atom is 0.254 e. The molecule has 2 heterocycles. The summed E-state index contributed by atoms with van der Waals surface area (Å²) in [5.74, 6) is 0.797. The van der Waals surface area contributed by atoms with E-state index in [0.29, 0.717) is 17.2 Å². The first kappa shape index (κ1) is 18.0. The number of aromatic hydroxyl groups is 1. The number of phenolic OH excluding ortho intramolecular Hbond substituents is 1. The zero-order valence-corrected chi connectivity index (χ0v) is 17.8. The minimum absolute atomic E-state index is 0.0341. The van der Waals surface area contributed by atoms with Gasteiger partial charge in [-0.2, -0.15) is 0 Å². The van der Waals surface area contributed by atoms with Gasteiger partial charge in [0.15, 0.2) is 0 Å². The molecule has 1 aromatic heterocycles. The number of phenols is 1. The van der Waals surface area contributed by atoms with E-state index in [0.717, 1.165) is 36.8 Å². The molecular weight excluding hydrogens is 465 g/mol. The summed E-state index contributed by atoms with van der Waals surface area (Å²) in [5, 5.41) is 10.0. The van der Waals surface area contributed by atoms with Gasteiger partial charge in [0.2, 0.25) is 0 Å². The molecule has 2 bridgehead atoms. The third-order valence-electron chi connectivity index (χ3n) is 6.51. The van der Waals surface area contributed by atoms with Crippen LogP contribution in [0.5, 0.6) is 5.75 Å². The van der Waals surface area contributed by atoms with E-state index in [4.69, 9.17) is 0 Å². The molecule has 1 aliphatic heterocycles. The maximum absolute atomic E-state index is 13.4. The molecule has 28 heavy (non-hydrogen) atoms. The number of piperidine rings is 1. The van der Waals surface area contributed by atoms with Crippen LogP contribution in [0.3, 0.4) is 0 Å². The second-order valence-corrected chi connectivity index (χ2v) is 9.80. The lowest BCUT2D eigenvalue weighted by Gasteiger charge is -2.54. The molecular formula is C22H22IN3O2. The first-order valence-electron chi connectivity index (χ1n) is 9.76. The number of H-pyrrole nitrogens is 1. The fourth-order valence-electron chi connectivity index (χ4n) is 5.18. The number of rotatable bonds is 2. The Morgan fingerprint density at radius 3 is 3.04 bits per heavy atom. The number of benzene rings is 2. The Hall–Kier alpha value is -2.09. The van der Waals surface area contributed by atoms with Crippen LogP contribution in [-0.2, 0) is 9.84 Å². The minimum atomic E-state index is -0.0341. The molecule has 1 amide bonds. The van der Waals surface area contributed by atoms with Crippen LogP contribution in [0.2, 0.25) is 0 Å². The van der Waals surface area contributed by atoms with Crippen LogP contribution in [0.4, 0.5) is 0 Å². The zero-order valence-electron chi connectivity index (χ0n) is 15.7. The molecule has 2 aliphatic rings. The van der Waals surface area contributed by atoms with Crippen molar-refractivity contribution in [1.29, 1.82) is 0 Å². The van der Waals surface area contributed by atoms with Gasteiger partial charge in [-0.25, -0.2) is 4.98 Å². The van der Waals surface area contributed by atoms with Gasteiger partial charge >= 0.3 is 0 Å². The highest BCUT2D eigenvalue weighted by Crippen LogP contribution is 2.55. The van der Waals surface area contributed by atoms with Crippen LogP contribution in [-0.4, -0.2) is 38.5 Å². The van der Waals surface area contributed by atoms with E-state index in [-0.39, 0.29) is 15.4 Å². The van der Waals surface area contributed by atoms with E-state index in [9.17, 15) is 9.90 Å². The molecule has 2 aromatic carbocycles. The van der Waals surface area contributed by atoms with E-state index in [1.165, 1.54) is 11.1 Å². The fourth-order valence-corrected chi connectivity index (χ4v) is 6.78. The number of amides is 1. The predicted molar refractivity (Wildman–Crippen MR) is 117 cm³/mol. The first-order valence-corrected chi connectivity index (χ1v) is 10.8. The summed E-state index contributed by atoms with van der Waals surface area (Å²) in [4.78, 5) is 22.9. The summed E-state index contributed by atoms with van der Waals surface area (Å²) in [6, 6.07) is 11.6. The lowest BCUT2D eigenvalue weighted by atomic mass is 9.66. The van der Waals surface area contributed by atoms with Gasteiger partial charge in [-0.3, -0.25) is 4.79 Å². The number of aromatic nitrogens is 2. The smallest absolute Gasteiger partial charge is 0.254 e. The van der Waals surface area contributed by atoms with Crippen LogP contribution in [0, 0.1) is 5.92 Å². The highest BCUT2D eigenvalue weighted by Gasteiger charge is 2.52. The summed E-state index contributed by atoms with van der Waals surface area (Å²) in [6.07, 6.45) is 4.41. The zero-order chi connectivity index (χ0) is 19.5. The lowest BCUT2D eigenvalue weighted by molar-refractivity contribution is 0.0370. The molecule has 3 atom stereocenters. The third kappa shape index (κ3) is 2.57. The van der Waals surface area contributed by atoms with Gasteiger partial charge in [0.1, 0.15) is 5.75 Å². The van der Waals surface area contributed by atoms with E-state index in [1.54, 1.807) is 12.4 Å². The SMILES string of the molecule is CCC1C2Cc3ccc(O)cc3[C@]1(I)CCN2C(=O)c1ccc2nc[nH]c2c1. The number of hydrogen-bond acceptors (Lipinski definition) is 3. The molecule has 5 rings (SSSR count). The summed E-state index contributed by atoms with van der Waals surface area (Å²) >= 11 is 2.59. The van der Waals surface area contributed by atoms with Gasteiger partial charge in [0.25, 0.3) is 5.91 Å². The Morgan fingerprint density at radius 2 is 2.21 bits per heavy atom. The molecule has 0 spiro atoms. The molecule has 5 nitrogen and oxygen atoms in total. The number of carbonyl (C=O) groups is 1. The summed E-state index contributed by atoms with van der Waals surface area (Å²) in [6.45, 7) is 2.95. The number of imidazole rings is 1. The first-order chi connectivity index (χ1) is 13.5. The maximum atomic E-state index is 13.4. The highest BCUT2D eigenvalue weighted by molar-refractivity contribution is 14.1. The van der Waals surface area contributed by atoms with Crippen LogP contribution in [0.1, 0.15) is 41.3 Å². The quantitative estimate of drug-likeness (QED) is 0.416. The van der Waals surface area contributed by atoms with Crippen molar-refractivity contribution in [2.45, 2.75) is 35.6 Å². The number of hydrogen-bond donors (Lipinski definition) is 2. The highest BCUT2D eigenvalue weighted by atomic mass is 127. The topological polar surface area (TPSA) is 69.2 Å². The van der Waals surface area contributed by atoms with Crippen molar-refractivity contribution in [2.75, 3.05) is 6.54 Å². The molecule has 1 fully saturated rings. The summed E-state index contributed by atoms with van der Waals surface area (Å²) in [7, 11) is 0. The number of nitrogens with one attached hydrogen (secondary N) is 1. The lowest BCUT2D eigenvalue weighted by Crippen LogP contribution is -2.59. The molecule has 3 aromatic rings. The Labute approximate surface area is 177 Å². The van der Waals surface area contributed by atoms with Gasteiger partial charge in [0, 0.05) is 18.2 Å². The Morgan fingerprint density at radius 1 is 1.36 bits per heavy atom. The van der Waals surface area contributed by atoms with Crippen molar-refractivity contribution >= 4 is 39.5 Å². The fraction of sp³-hybridized carbons (Fsp3) is 0.364. The van der Waals surface area contributed by atoms with Crippen molar-refractivity contribution in [3.8, 4) is 5.75 Å². The largest absolute Gasteiger partial charge is 0.508 e. The molecule has 2 unspecified atom stereocenters. The number of alkyl halides is 1. The van der Waals surface area contributed by atoms with Gasteiger partial charge in [-0.1, -0.05) is 35.6 Å². The number of aromatic amines is 1. The van der Waals surface area contributed by atoms with Crippen LogP contribution in [0.25, 0.3) is 11.0 Å². The Kier molecular flexibility index (Phi) is 4.15. The number of nitrogens with zero attached hydrogens (tertiary/aromatic N) is 2. The van der Waals surface area contributed by atoms with Gasteiger partial charge in [0.05, 0.1) is 20.8 Å². The molecule has 0 radical (unpaired) electrons. The van der Waals surface area contributed by atoms with Crippen LogP contribution in [0.15, 0.2) is 42.7 Å². The van der Waals surface area contributed by atoms with E-state index in [2.05, 4.69) is 44.4 Å². The monoisotopic (exact) mass is 487 g/mol. The molecule has 2 N–H and O–H groups in total. The van der Waals surface area contributed by atoms with Crippen molar-refractivity contribution in [1.82, 2.24) is 14.9 Å². The van der Waals surface area contributed by atoms with Crippen LogP contribution < -0.4 is 0 Å². The van der Waals surface area contributed by atoms with Gasteiger partial charge in [-0.05, 0) is 66.6 Å². The van der Waals surface area contributed by atoms with Crippen molar-refractivity contribution in [3.63, 3.8) is 0 Å². The second kappa shape index (κ2) is 6.47. The summed E-state index contributed by atoms with van der Waals surface area (Å²) in [5.41, 5.74) is 4.98. The van der Waals surface area contributed by atoms with Crippen molar-refractivity contribution < 1.29 is 9.90 Å². The standard InChI is InChI=1S/C22H22IN3O2/c1-2-16-20-10-13-3-5-15(27)11-17(13)22(16,23)7-8-26(20)21(28)14-4-6-18-19(9-14)25-12-24-18/h3-6,9,11-12,16,20,27H,2,7-8,10H2,1H3,(H,24,25)/t16?,20?,22-/m0/s1. The Bertz CT molecular complexity index is 1080. The molecule has 6 heteroatoms. The van der Waals surface area contributed by atoms with Crippen molar-refractivity contribution in [3.05, 3.63) is 59.4 Å². The van der Waals surface area contributed by atoms with E-state index >= 15 is 0 Å². The number of halogens is 1. The van der Waals surface area contributed by atoms with Gasteiger partial charge in [-0.15, -0.1) is 0 Å². The van der Waals surface area contributed by atoms with E-state index < -0.39 is 0 Å². The van der Waals surface area contributed by atoms with Crippen molar-refractivity contribution in [2.24, 2.45) is 5.92 Å². The average molecular weight is 487 g/mol. The molecule has 0 saturated carbocycles. The summed E-state index contributed by atoms with van der Waals surface area (Å²) < 4.78 is -0.0341. The third-order valence-corrected chi connectivity index (χ3v) is 8.43. The predicted octanol–water partition coefficient (Wildman–Crippen LogP) is 4.40. The molecule has 1 saturated heterocycles. The van der Waals surface area contributed by atoms with Gasteiger partial charge < -0.3 is 15.0 Å². The number of likely N-dealkylation sites (tertiary alicyclic amines) is 1. The molecule has 1 aliphatic carbocycles. The Balaban J connectivity index is 1.54. The average Bonchev–Trinajstić information content (AvgIpc) is 3.16. The second-order valence-electron chi connectivity index (χ2n) is 7.87. The number of fused-ring (bicyclic) bond motifs is 5. The van der Waals surface area contributed by atoms with E-state index in [1.807, 2.05) is 30.3 Å². The van der Waals surface area contributed by atoms with Crippen LogP contribution >= 0.6 is 22.6 Å². The normalized spacial score (nSPS) is 26.3. The number of carbonyl (C=O) groups excluding carboxylic acids is 1. The molecule has 144 valence electrons. The minimum Gasteiger partial charge on any atom is -0.508 e.